The van der Waals surface area contributed by atoms with Gasteiger partial charge >= 0.3 is 0 Å². The van der Waals surface area contributed by atoms with Gasteiger partial charge in [-0.25, -0.2) is 4.39 Å². The first-order chi connectivity index (χ1) is 12.1. The summed E-state index contributed by atoms with van der Waals surface area (Å²) in [6, 6.07) is 7.09. The van der Waals surface area contributed by atoms with Crippen molar-refractivity contribution >= 4 is 17.4 Å². The number of hydrogen-bond donors (Lipinski definition) is 0. The molecule has 0 aliphatic rings. The Bertz CT molecular complexity index is 930. The summed E-state index contributed by atoms with van der Waals surface area (Å²) < 4.78 is 15.9. The number of rotatable bonds is 6. The zero-order chi connectivity index (χ0) is 17.8. The minimum absolute atomic E-state index is 0.226. The number of nitro benzene ring substituents is 1. The summed E-state index contributed by atoms with van der Waals surface area (Å²) >= 11 is 1.05. The summed E-state index contributed by atoms with van der Waals surface area (Å²) in [6.45, 7) is 4.15. The zero-order valence-corrected chi connectivity index (χ0v) is 13.7. The molecule has 0 unspecified atom stereocenters. The SMILES string of the molecule is C=CCn1c(Sc2ccc([N+](=O)[O-])cc2F)nnc1-c1ccncc1. The van der Waals surface area contributed by atoms with Crippen LogP contribution >= 0.6 is 11.8 Å². The van der Waals surface area contributed by atoms with E-state index in [0.29, 0.717) is 17.5 Å². The van der Waals surface area contributed by atoms with E-state index in [4.69, 9.17) is 0 Å². The summed E-state index contributed by atoms with van der Waals surface area (Å²) in [5.74, 6) is -0.0788. The molecule has 0 N–H and O–H groups in total. The van der Waals surface area contributed by atoms with Crippen molar-refractivity contribution in [2.24, 2.45) is 0 Å². The third-order valence-corrected chi connectivity index (χ3v) is 4.33. The number of benzene rings is 1. The second-order valence-corrected chi connectivity index (χ2v) is 5.92. The van der Waals surface area contributed by atoms with Gasteiger partial charge < -0.3 is 0 Å². The lowest BCUT2D eigenvalue weighted by atomic mass is 10.2. The van der Waals surface area contributed by atoms with Crippen LogP contribution in [0.1, 0.15) is 0 Å². The van der Waals surface area contributed by atoms with Gasteiger partial charge in [-0.2, -0.15) is 0 Å². The third kappa shape index (κ3) is 3.56. The van der Waals surface area contributed by atoms with E-state index in [1.165, 1.54) is 12.1 Å². The molecule has 126 valence electrons. The molecule has 25 heavy (non-hydrogen) atoms. The van der Waals surface area contributed by atoms with Crippen molar-refractivity contribution in [2.75, 3.05) is 0 Å². The van der Waals surface area contributed by atoms with E-state index in [0.717, 1.165) is 23.4 Å². The second-order valence-electron chi connectivity index (χ2n) is 4.92. The standard InChI is InChI=1S/C16H12FN5O2S/c1-2-9-21-15(11-5-7-18-8-6-11)19-20-16(21)25-14-4-3-12(22(23)24)10-13(14)17/h2-8,10H,1,9H2. The Morgan fingerprint density at radius 1 is 1.28 bits per heavy atom. The fourth-order valence-corrected chi connectivity index (χ4v) is 3.00. The summed E-state index contributed by atoms with van der Waals surface area (Å²) in [7, 11) is 0. The molecule has 0 atom stereocenters. The van der Waals surface area contributed by atoms with Crippen molar-refractivity contribution in [3.05, 3.63) is 71.3 Å². The fraction of sp³-hybridized carbons (Fsp3) is 0.0625. The Hall–Kier alpha value is -3.07. The summed E-state index contributed by atoms with van der Waals surface area (Å²) in [5, 5.41) is 19.4. The van der Waals surface area contributed by atoms with E-state index in [1.807, 2.05) is 0 Å². The molecule has 1 aromatic carbocycles. The van der Waals surface area contributed by atoms with Crippen LogP contribution in [0.25, 0.3) is 11.4 Å². The molecule has 0 aliphatic carbocycles. The van der Waals surface area contributed by atoms with Gasteiger partial charge in [0, 0.05) is 30.6 Å². The van der Waals surface area contributed by atoms with E-state index >= 15 is 0 Å². The second kappa shape index (κ2) is 7.22. The van der Waals surface area contributed by atoms with Crippen LogP contribution in [0, 0.1) is 15.9 Å². The number of nitro groups is 1. The highest BCUT2D eigenvalue weighted by molar-refractivity contribution is 7.99. The van der Waals surface area contributed by atoms with Gasteiger partial charge in [0.2, 0.25) is 0 Å². The van der Waals surface area contributed by atoms with Gasteiger partial charge in [0.15, 0.2) is 11.0 Å². The Labute approximate surface area is 146 Å². The van der Waals surface area contributed by atoms with E-state index in [2.05, 4.69) is 21.8 Å². The van der Waals surface area contributed by atoms with Gasteiger partial charge in [-0.05, 0) is 30.0 Å². The van der Waals surface area contributed by atoms with Crippen LogP contribution in [0.4, 0.5) is 10.1 Å². The number of non-ortho nitro benzene ring substituents is 1. The van der Waals surface area contributed by atoms with Crippen LogP contribution in [-0.2, 0) is 6.54 Å². The van der Waals surface area contributed by atoms with Crippen LogP contribution in [0.15, 0.2) is 65.4 Å². The lowest BCUT2D eigenvalue weighted by Gasteiger charge is -2.08. The van der Waals surface area contributed by atoms with Gasteiger partial charge in [-0.3, -0.25) is 19.7 Å². The lowest BCUT2D eigenvalue weighted by molar-refractivity contribution is -0.385. The van der Waals surface area contributed by atoms with Crippen molar-refractivity contribution in [2.45, 2.75) is 16.6 Å². The number of aromatic nitrogens is 4. The van der Waals surface area contributed by atoms with Crippen LogP contribution < -0.4 is 0 Å². The van der Waals surface area contributed by atoms with Crippen molar-refractivity contribution in [3.63, 3.8) is 0 Å². The average Bonchev–Trinajstić information content (AvgIpc) is 3.00. The highest BCUT2D eigenvalue weighted by Crippen LogP contribution is 2.32. The van der Waals surface area contributed by atoms with Crippen LogP contribution in [0.3, 0.4) is 0 Å². The maximum absolute atomic E-state index is 14.1. The molecule has 0 fully saturated rings. The van der Waals surface area contributed by atoms with Crippen molar-refractivity contribution in [3.8, 4) is 11.4 Å². The lowest BCUT2D eigenvalue weighted by Crippen LogP contribution is -2.00. The van der Waals surface area contributed by atoms with Crippen LogP contribution in [0.2, 0.25) is 0 Å². The van der Waals surface area contributed by atoms with E-state index in [-0.39, 0.29) is 10.6 Å². The predicted molar refractivity (Wildman–Crippen MR) is 90.6 cm³/mol. The summed E-state index contributed by atoms with van der Waals surface area (Å²) in [4.78, 5) is 14.3. The first-order valence-corrected chi connectivity index (χ1v) is 7.98. The van der Waals surface area contributed by atoms with Gasteiger partial charge in [0.05, 0.1) is 15.9 Å². The minimum atomic E-state index is -0.683. The smallest absolute Gasteiger partial charge is 0.272 e. The highest BCUT2D eigenvalue weighted by atomic mass is 32.2. The maximum atomic E-state index is 14.1. The van der Waals surface area contributed by atoms with Gasteiger partial charge in [-0.15, -0.1) is 16.8 Å². The zero-order valence-electron chi connectivity index (χ0n) is 12.9. The Balaban J connectivity index is 1.97. The molecule has 2 heterocycles. The predicted octanol–water partition coefficient (Wildman–Crippen LogP) is 3.72. The molecule has 0 saturated carbocycles. The molecule has 3 aromatic rings. The molecule has 0 amide bonds. The van der Waals surface area contributed by atoms with Crippen molar-refractivity contribution in [1.29, 1.82) is 0 Å². The number of hydrogen-bond acceptors (Lipinski definition) is 6. The third-order valence-electron chi connectivity index (χ3n) is 3.29. The highest BCUT2D eigenvalue weighted by Gasteiger charge is 2.17. The quantitative estimate of drug-likeness (QED) is 0.380. The molecule has 2 aromatic heterocycles. The Morgan fingerprint density at radius 2 is 2.04 bits per heavy atom. The molecule has 0 radical (unpaired) electrons. The molecule has 9 heteroatoms. The molecule has 3 rings (SSSR count). The molecule has 0 saturated heterocycles. The van der Waals surface area contributed by atoms with E-state index in [1.54, 1.807) is 35.2 Å². The summed E-state index contributed by atoms with van der Waals surface area (Å²) in [5.41, 5.74) is 0.521. The molecular weight excluding hydrogens is 345 g/mol. The largest absolute Gasteiger partial charge is 0.298 e. The molecule has 0 aliphatic heterocycles. The molecule has 0 spiro atoms. The van der Waals surface area contributed by atoms with E-state index in [9.17, 15) is 14.5 Å². The van der Waals surface area contributed by atoms with Crippen molar-refractivity contribution < 1.29 is 9.31 Å². The Kier molecular flexibility index (Phi) is 4.85. The molecular formula is C16H12FN5O2S. The van der Waals surface area contributed by atoms with Gasteiger partial charge in [0.25, 0.3) is 5.69 Å². The number of pyridine rings is 1. The minimum Gasteiger partial charge on any atom is -0.298 e. The average molecular weight is 357 g/mol. The van der Waals surface area contributed by atoms with Crippen LogP contribution in [-0.4, -0.2) is 24.7 Å². The molecule has 7 nitrogen and oxygen atoms in total. The normalized spacial score (nSPS) is 10.6. The maximum Gasteiger partial charge on any atom is 0.272 e. The number of allylic oxidation sites excluding steroid dienone is 1. The fourth-order valence-electron chi connectivity index (χ4n) is 2.16. The topological polar surface area (TPSA) is 86.7 Å². The number of nitrogens with zero attached hydrogens (tertiary/aromatic N) is 5. The first-order valence-electron chi connectivity index (χ1n) is 7.16. The first kappa shape index (κ1) is 16.8. The summed E-state index contributed by atoms with van der Waals surface area (Å²) in [6.07, 6.45) is 4.97. The van der Waals surface area contributed by atoms with Crippen molar-refractivity contribution in [1.82, 2.24) is 19.7 Å². The van der Waals surface area contributed by atoms with Gasteiger partial charge in [-0.1, -0.05) is 6.08 Å². The molecule has 0 bridgehead atoms. The van der Waals surface area contributed by atoms with E-state index < -0.39 is 10.7 Å². The van der Waals surface area contributed by atoms with Crippen LogP contribution in [0.5, 0.6) is 0 Å². The number of halogens is 1. The Morgan fingerprint density at radius 3 is 2.68 bits per heavy atom. The monoisotopic (exact) mass is 357 g/mol. The van der Waals surface area contributed by atoms with Gasteiger partial charge in [0.1, 0.15) is 5.82 Å².